The number of hydrogen-bond acceptors (Lipinski definition) is 5. The molecule has 0 spiro atoms. The van der Waals surface area contributed by atoms with Crippen molar-refractivity contribution in [1.29, 1.82) is 0 Å². The van der Waals surface area contributed by atoms with E-state index in [0.29, 0.717) is 0 Å². The summed E-state index contributed by atoms with van der Waals surface area (Å²) in [6, 6.07) is 0. The van der Waals surface area contributed by atoms with Gasteiger partial charge in [-0.25, -0.2) is 0 Å². The molecule has 6 nitrogen and oxygen atoms in total. The van der Waals surface area contributed by atoms with E-state index in [9.17, 15) is 4.79 Å². The van der Waals surface area contributed by atoms with Gasteiger partial charge in [-0.15, -0.1) is 0 Å². The Morgan fingerprint density at radius 3 is 2.17 bits per heavy atom. The number of ether oxygens (including phenoxy) is 1. The van der Waals surface area contributed by atoms with Crippen LogP contribution in [0.1, 0.15) is 71.1 Å². The van der Waals surface area contributed by atoms with Crippen molar-refractivity contribution in [1.82, 2.24) is 0 Å². The minimum atomic E-state index is -3.81. The molecule has 0 radical (unpaired) electrons. The Hall–Kier alpha value is -0.820. The third-order valence-electron chi connectivity index (χ3n) is 3.96. The summed E-state index contributed by atoms with van der Waals surface area (Å²) in [6.45, 7) is -2.46. The topological polar surface area (TPSA) is 96.2 Å². The van der Waals surface area contributed by atoms with Gasteiger partial charge in [-0.3, -0.25) is 4.79 Å². The number of unbranched alkanes of at least 4 members (excludes halogenated alkanes) is 5. The predicted molar refractivity (Wildman–Crippen MR) is 121 cm³/mol. The summed E-state index contributed by atoms with van der Waals surface area (Å²) < 4.78 is 9.63. The highest BCUT2D eigenvalue weighted by molar-refractivity contribution is 8.06. The summed E-state index contributed by atoms with van der Waals surface area (Å²) >= 11 is 4.31. The molecule has 0 aromatic heterocycles. The number of aliphatic hydroxyl groups excluding tert-OH is 1. The lowest BCUT2D eigenvalue weighted by atomic mass is 10.1. The zero-order valence-corrected chi connectivity index (χ0v) is 19.2. The summed E-state index contributed by atoms with van der Waals surface area (Å²) in [5, 5.41) is 9.12. The summed E-state index contributed by atoms with van der Waals surface area (Å²) in [5.74, 6) is -0.432. The van der Waals surface area contributed by atoms with E-state index in [4.69, 9.17) is 19.6 Å². The van der Waals surface area contributed by atoms with Crippen LogP contribution in [0.5, 0.6) is 0 Å². The molecule has 0 bridgehead atoms. The lowest BCUT2D eigenvalue weighted by molar-refractivity contribution is -0.153. The molecule has 0 saturated heterocycles. The standard InChI is InChI=1S/C21H37O6PS/c1-2-3-4-5-6-7-8-9-10-11-12-13-14-15-16-17-21(23)27-20(18-22)19-26-28(24,25)29/h3-4,6-7,9-10,20,22H,2,5,8,11-19H2,1H3,(H2,24,25,29)/b4-3-,7-6-,10-9-. The fourth-order valence-corrected chi connectivity index (χ4v) is 2.98. The Morgan fingerprint density at radius 2 is 1.55 bits per heavy atom. The highest BCUT2D eigenvalue weighted by atomic mass is 32.5. The maximum absolute atomic E-state index is 11.7. The fraction of sp³-hybridized carbons (Fsp3) is 0.667. The highest BCUT2D eigenvalue weighted by Gasteiger charge is 2.17. The first-order valence-electron chi connectivity index (χ1n) is 10.3. The van der Waals surface area contributed by atoms with Crippen molar-refractivity contribution >= 4 is 24.5 Å². The van der Waals surface area contributed by atoms with E-state index in [-0.39, 0.29) is 13.0 Å². The quantitative estimate of drug-likeness (QED) is 0.121. The molecule has 0 heterocycles. The van der Waals surface area contributed by atoms with Crippen LogP contribution < -0.4 is 0 Å². The molecule has 29 heavy (non-hydrogen) atoms. The lowest BCUT2D eigenvalue weighted by Gasteiger charge is -2.17. The van der Waals surface area contributed by atoms with E-state index in [1.807, 2.05) is 0 Å². The third kappa shape index (κ3) is 21.7. The van der Waals surface area contributed by atoms with Gasteiger partial charge in [-0.1, -0.05) is 62.6 Å². The number of carbonyl (C=O) groups is 1. The molecule has 0 aliphatic rings. The summed E-state index contributed by atoms with van der Waals surface area (Å²) in [7, 11) is 0. The summed E-state index contributed by atoms with van der Waals surface area (Å²) in [5.41, 5.74) is 0. The highest BCUT2D eigenvalue weighted by Crippen LogP contribution is 2.36. The maximum atomic E-state index is 11.7. The van der Waals surface area contributed by atoms with E-state index in [1.54, 1.807) is 0 Å². The normalized spacial score (nSPS) is 13.7. The SMILES string of the molecule is CC/C=C\C/C=C\C/C=C\CCCCCCCC(=O)OC(CO)COP(O)(O)=S. The molecule has 0 aliphatic carbocycles. The van der Waals surface area contributed by atoms with Crippen molar-refractivity contribution < 1.29 is 28.9 Å². The van der Waals surface area contributed by atoms with E-state index in [1.165, 1.54) is 0 Å². The van der Waals surface area contributed by atoms with E-state index < -0.39 is 25.4 Å². The monoisotopic (exact) mass is 448 g/mol. The maximum Gasteiger partial charge on any atom is 0.322 e. The average Bonchev–Trinajstić information content (AvgIpc) is 2.67. The minimum Gasteiger partial charge on any atom is -0.457 e. The summed E-state index contributed by atoms with van der Waals surface area (Å²) in [6.07, 6.45) is 21.6. The van der Waals surface area contributed by atoms with Crippen LogP contribution in [0.3, 0.4) is 0 Å². The van der Waals surface area contributed by atoms with E-state index >= 15 is 0 Å². The second-order valence-corrected chi connectivity index (χ2v) is 9.35. The van der Waals surface area contributed by atoms with Crippen molar-refractivity contribution in [3.8, 4) is 0 Å². The Bertz CT molecular complexity index is 541. The number of aliphatic hydroxyl groups is 1. The van der Waals surface area contributed by atoms with Gasteiger partial charge in [0.25, 0.3) is 0 Å². The molecule has 3 N–H and O–H groups in total. The van der Waals surface area contributed by atoms with Gasteiger partial charge < -0.3 is 24.2 Å². The number of carbonyl (C=O) groups excluding carboxylic acids is 1. The smallest absolute Gasteiger partial charge is 0.322 e. The molecule has 0 aromatic rings. The van der Waals surface area contributed by atoms with Crippen LogP contribution in [0.15, 0.2) is 36.5 Å². The molecule has 0 amide bonds. The average molecular weight is 449 g/mol. The van der Waals surface area contributed by atoms with Crippen LogP contribution in [0.4, 0.5) is 0 Å². The predicted octanol–water partition coefficient (Wildman–Crippen LogP) is 4.71. The largest absolute Gasteiger partial charge is 0.457 e. The van der Waals surface area contributed by atoms with Crippen molar-refractivity contribution in [3.05, 3.63) is 36.5 Å². The molecule has 0 aliphatic heterocycles. The number of allylic oxidation sites excluding steroid dienone is 6. The van der Waals surface area contributed by atoms with Gasteiger partial charge in [0.05, 0.1) is 13.2 Å². The van der Waals surface area contributed by atoms with Gasteiger partial charge in [0.15, 0.2) is 0 Å². The van der Waals surface area contributed by atoms with Crippen LogP contribution in [0.25, 0.3) is 0 Å². The Balaban J connectivity index is 3.59. The van der Waals surface area contributed by atoms with Gasteiger partial charge in [-0.2, -0.15) is 0 Å². The number of rotatable bonds is 18. The van der Waals surface area contributed by atoms with Crippen LogP contribution in [0.2, 0.25) is 0 Å². The first kappa shape index (κ1) is 28.2. The van der Waals surface area contributed by atoms with Crippen molar-refractivity contribution in [2.24, 2.45) is 0 Å². The van der Waals surface area contributed by atoms with Gasteiger partial charge in [0, 0.05) is 6.42 Å². The van der Waals surface area contributed by atoms with E-state index in [2.05, 4.69) is 59.7 Å². The molecular weight excluding hydrogens is 411 g/mol. The molecule has 0 saturated carbocycles. The zero-order chi connectivity index (χ0) is 21.8. The second kappa shape index (κ2) is 19.2. The Morgan fingerprint density at radius 1 is 0.966 bits per heavy atom. The van der Waals surface area contributed by atoms with Gasteiger partial charge in [0.2, 0.25) is 0 Å². The van der Waals surface area contributed by atoms with Gasteiger partial charge >= 0.3 is 12.7 Å². The molecule has 1 unspecified atom stereocenters. The molecule has 1 atom stereocenters. The first-order chi connectivity index (χ1) is 13.9. The second-order valence-electron chi connectivity index (χ2n) is 6.68. The van der Waals surface area contributed by atoms with E-state index in [0.717, 1.165) is 57.8 Å². The number of hydrogen-bond donors (Lipinski definition) is 3. The Labute approximate surface area is 180 Å². The molecule has 0 aromatic carbocycles. The van der Waals surface area contributed by atoms with Crippen molar-refractivity contribution in [2.75, 3.05) is 13.2 Å². The third-order valence-corrected chi connectivity index (χ3v) is 4.76. The van der Waals surface area contributed by atoms with Crippen LogP contribution >= 0.6 is 6.72 Å². The van der Waals surface area contributed by atoms with Crippen LogP contribution in [0, 0.1) is 0 Å². The molecule has 168 valence electrons. The van der Waals surface area contributed by atoms with Gasteiger partial charge in [-0.05, 0) is 50.3 Å². The molecule has 0 fully saturated rings. The number of esters is 1. The molecular formula is C21H37O6PS. The lowest BCUT2D eigenvalue weighted by Crippen LogP contribution is -2.26. The van der Waals surface area contributed by atoms with Crippen molar-refractivity contribution in [3.63, 3.8) is 0 Å². The Kier molecular flexibility index (Phi) is 18.6. The zero-order valence-electron chi connectivity index (χ0n) is 17.4. The minimum absolute atomic E-state index is 0.266. The van der Waals surface area contributed by atoms with Gasteiger partial charge in [0.1, 0.15) is 6.10 Å². The van der Waals surface area contributed by atoms with Crippen LogP contribution in [-0.2, 0) is 25.9 Å². The van der Waals surface area contributed by atoms with Crippen molar-refractivity contribution in [2.45, 2.75) is 77.2 Å². The fourth-order valence-electron chi connectivity index (χ4n) is 2.44. The molecule has 0 rings (SSSR count). The molecule has 8 heteroatoms. The summed E-state index contributed by atoms with van der Waals surface area (Å²) in [4.78, 5) is 29.7. The first-order valence-corrected chi connectivity index (χ1v) is 13.0. The van der Waals surface area contributed by atoms with Crippen LogP contribution in [-0.4, -0.2) is 40.2 Å².